The fourth-order valence-corrected chi connectivity index (χ4v) is 5.01. The molecule has 0 radical (unpaired) electrons. The van der Waals surface area contributed by atoms with Crippen LogP contribution in [-0.4, -0.2) is 61.2 Å². The highest BCUT2D eigenvalue weighted by Gasteiger charge is 2.39. The SMILES string of the molecule is COCc1nc(OC)c2c(C)c(C(=O)N3C[C@H]4CNC[C@H]4C3)sc2n1.Cl. The maximum atomic E-state index is 13.1. The van der Waals surface area contributed by atoms with Crippen molar-refractivity contribution in [2.75, 3.05) is 40.4 Å². The first-order valence-electron chi connectivity index (χ1n) is 8.45. The lowest BCUT2D eigenvalue weighted by atomic mass is 10.0. The van der Waals surface area contributed by atoms with Crippen LogP contribution in [-0.2, 0) is 11.3 Å². The number of carbonyl (C=O) groups is 1. The molecule has 2 fully saturated rings. The van der Waals surface area contributed by atoms with Crippen LogP contribution in [0.15, 0.2) is 0 Å². The van der Waals surface area contributed by atoms with Crippen molar-refractivity contribution in [2.24, 2.45) is 11.8 Å². The minimum absolute atomic E-state index is 0. The van der Waals surface area contributed by atoms with Gasteiger partial charge in [-0.1, -0.05) is 0 Å². The summed E-state index contributed by atoms with van der Waals surface area (Å²) in [5.74, 6) is 2.34. The number of rotatable bonds is 4. The number of thiophene rings is 1. The van der Waals surface area contributed by atoms with Crippen LogP contribution in [0.25, 0.3) is 10.2 Å². The zero-order valence-electron chi connectivity index (χ0n) is 15.1. The van der Waals surface area contributed by atoms with E-state index in [2.05, 4.69) is 15.3 Å². The molecule has 2 saturated heterocycles. The highest BCUT2D eigenvalue weighted by atomic mass is 35.5. The van der Waals surface area contributed by atoms with Crippen molar-refractivity contribution < 1.29 is 14.3 Å². The van der Waals surface area contributed by atoms with Crippen molar-refractivity contribution in [3.8, 4) is 5.88 Å². The second-order valence-electron chi connectivity index (χ2n) is 6.71. The number of likely N-dealkylation sites (tertiary alicyclic amines) is 1. The Kier molecular flexibility index (Phi) is 5.67. The number of fused-ring (bicyclic) bond motifs is 2. The standard InChI is InChI=1S/C17H22N4O3S.ClH/c1-9-13-15(24-3)19-12(8-23-2)20-16(13)25-14(9)17(22)21-6-10-4-18-5-11(10)7-21;/h10-11,18H,4-8H2,1-3H3;1H/t10-,11+;. The summed E-state index contributed by atoms with van der Waals surface area (Å²) in [6.45, 7) is 5.96. The van der Waals surface area contributed by atoms with Crippen LogP contribution in [0.3, 0.4) is 0 Å². The smallest absolute Gasteiger partial charge is 0.264 e. The van der Waals surface area contributed by atoms with E-state index >= 15 is 0 Å². The van der Waals surface area contributed by atoms with Gasteiger partial charge >= 0.3 is 0 Å². The lowest BCUT2D eigenvalue weighted by Crippen LogP contribution is -2.31. The fourth-order valence-electron chi connectivity index (χ4n) is 3.85. The van der Waals surface area contributed by atoms with E-state index in [0.717, 1.165) is 46.8 Å². The van der Waals surface area contributed by atoms with E-state index in [-0.39, 0.29) is 18.3 Å². The highest BCUT2D eigenvalue weighted by molar-refractivity contribution is 7.20. The van der Waals surface area contributed by atoms with Gasteiger partial charge in [0.2, 0.25) is 5.88 Å². The minimum atomic E-state index is 0. The van der Waals surface area contributed by atoms with Gasteiger partial charge in [0, 0.05) is 33.3 Å². The molecule has 2 aliphatic rings. The zero-order valence-corrected chi connectivity index (χ0v) is 16.7. The van der Waals surface area contributed by atoms with E-state index in [1.165, 1.54) is 11.3 Å². The van der Waals surface area contributed by atoms with Crippen LogP contribution in [0.4, 0.5) is 0 Å². The summed E-state index contributed by atoms with van der Waals surface area (Å²) in [6.07, 6.45) is 0. The number of halogens is 1. The molecule has 142 valence electrons. The van der Waals surface area contributed by atoms with Crippen LogP contribution in [0.2, 0.25) is 0 Å². The van der Waals surface area contributed by atoms with Gasteiger partial charge in [-0.15, -0.1) is 23.7 Å². The summed E-state index contributed by atoms with van der Waals surface area (Å²) in [7, 11) is 3.19. The van der Waals surface area contributed by atoms with E-state index in [1.807, 2.05) is 11.8 Å². The van der Waals surface area contributed by atoms with Crippen molar-refractivity contribution in [1.82, 2.24) is 20.2 Å². The summed E-state index contributed by atoms with van der Waals surface area (Å²) < 4.78 is 10.6. The number of nitrogens with one attached hydrogen (secondary N) is 1. The van der Waals surface area contributed by atoms with Gasteiger partial charge in [-0.3, -0.25) is 4.79 Å². The summed E-state index contributed by atoms with van der Waals surface area (Å²) in [4.78, 5) is 25.5. The van der Waals surface area contributed by atoms with E-state index in [0.29, 0.717) is 30.1 Å². The van der Waals surface area contributed by atoms with Crippen LogP contribution in [0.5, 0.6) is 5.88 Å². The van der Waals surface area contributed by atoms with Crippen LogP contribution >= 0.6 is 23.7 Å². The second-order valence-corrected chi connectivity index (χ2v) is 7.71. The van der Waals surface area contributed by atoms with Crippen molar-refractivity contribution in [3.63, 3.8) is 0 Å². The molecule has 26 heavy (non-hydrogen) atoms. The van der Waals surface area contributed by atoms with Gasteiger partial charge in [0.1, 0.15) is 11.4 Å². The fraction of sp³-hybridized carbons (Fsp3) is 0.588. The number of methoxy groups -OCH3 is 2. The molecule has 0 bridgehead atoms. The predicted molar refractivity (Wildman–Crippen MR) is 102 cm³/mol. The Morgan fingerprint density at radius 1 is 1.27 bits per heavy atom. The number of amides is 1. The molecule has 9 heteroatoms. The number of ether oxygens (including phenoxy) is 2. The van der Waals surface area contributed by atoms with Crippen molar-refractivity contribution in [1.29, 1.82) is 0 Å². The molecule has 4 heterocycles. The molecule has 1 amide bonds. The lowest BCUT2D eigenvalue weighted by Gasteiger charge is -2.17. The Morgan fingerprint density at radius 3 is 2.58 bits per heavy atom. The summed E-state index contributed by atoms with van der Waals surface area (Å²) in [5, 5.41) is 4.24. The molecule has 4 rings (SSSR count). The normalized spacial score (nSPS) is 21.7. The maximum Gasteiger partial charge on any atom is 0.264 e. The first kappa shape index (κ1) is 19.3. The van der Waals surface area contributed by atoms with Crippen molar-refractivity contribution >= 4 is 39.9 Å². The minimum Gasteiger partial charge on any atom is -0.480 e. The third-order valence-corrected chi connectivity index (χ3v) is 6.31. The molecular formula is C17H23ClN4O3S. The molecule has 1 N–H and O–H groups in total. The van der Waals surface area contributed by atoms with Crippen molar-refractivity contribution in [2.45, 2.75) is 13.5 Å². The number of hydrogen-bond acceptors (Lipinski definition) is 7. The number of aryl methyl sites for hydroxylation is 1. The molecule has 2 atom stereocenters. The Hall–Kier alpha value is -1.48. The number of aromatic nitrogens is 2. The Labute approximate surface area is 162 Å². The predicted octanol–water partition coefficient (Wildman–Crippen LogP) is 1.87. The maximum absolute atomic E-state index is 13.1. The third-order valence-electron chi connectivity index (χ3n) is 5.14. The molecule has 0 aromatic carbocycles. The molecule has 2 aliphatic heterocycles. The lowest BCUT2D eigenvalue weighted by molar-refractivity contribution is 0.0786. The molecule has 2 aromatic rings. The van der Waals surface area contributed by atoms with E-state index in [1.54, 1.807) is 14.2 Å². The zero-order chi connectivity index (χ0) is 17.6. The largest absolute Gasteiger partial charge is 0.480 e. The summed E-state index contributed by atoms with van der Waals surface area (Å²) in [5.41, 5.74) is 0.904. The quantitative estimate of drug-likeness (QED) is 0.847. The van der Waals surface area contributed by atoms with E-state index < -0.39 is 0 Å². The van der Waals surface area contributed by atoms with Gasteiger partial charge in [0.05, 0.1) is 17.4 Å². The average molecular weight is 399 g/mol. The molecule has 7 nitrogen and oxygen atoms in total. The molecule has 0 unspecified atom stereocenters. The van der Waals surface area contributed by atoms with E-state index in [4.69, 9.17) is 9.47 Å². The van der Waals surface area contributed by atoms with Gasteiger partial charge in [0.15, 0.2) is 5.82 Å². The van der Waals surface area contributed by atoms with Gasteiger partial charge in [0.25, 0.3) is 5.91 Å². The van der Waals surface area contributed by atoms with Crippen LogP contribution in [0.1, 0.15) is 21.1 Å². The molecular weight excluding hydrogens is 376 g/mol. The third kappa shape index (κ3) is 3.15. The average Bonchev–Trinajstić information content (AvgIpc) is 3.27. The van der Waals surface area contributed by atoms with Crippen LogP contribution in [0, 0.1) is 18.8 Å². The number of nitrogens with zero attached hydrogens (tertiary/aromatic N) is 3. The van der Waals surface area contributed by atoms with E-state index in [9.17, 15) is 4.79 Å². The summed E-state index contributed by atoms with van der Waals surface area (Å²) in [6, 6.07) is 0. The van der Waals surface area contributed by atoms with Gasteiger partial charge < -0.3 is 19.7 Å². The number of hydrogen-bond donors (Lipinski definition) is 1. The molecule has 2 aromatic heterocycles. The number of carbonyl (C=O) groups excluding carboxylic acids is 1. The Morgan fingerprint density at radius 2 is 1.96 bits per heavy atom. The van der Waals surface area contributed by atoms with Crippen LogP contribution < -0.4 is 10.1 Å². The highest BCUT2D eigenvalue weighted by Crippen LogP contribution is 2.37. The first-order chi connectivity index (χ1) is 12.1. The topological polar surface area (TPSA) is 76.6 Å². The van der Waals surface area contributed by atoms with Gasteiger partial charge in [-0.2, -0.15) is 4.98 Å². The Bertz CT molecular complexity index is 816. The first-order valence-corrected chi connectivity index (χ1v) is 9.27. The van der Waals surface area contributed by atoms with Gasteiger partial charge in [-0.25, -0.2) is 4.98 Å². The molecule has 0 saturated carbocycles. The summed E-state index contributed by atoms with van der Waals surface area (Å²) >= 11 is 1.42. The molecule has 0 spiro atoms. The monoisotopic (exact) mass is 398 g/mol. The second kappa shape index (κ2) is 7.64. The Balaban J connectivity index is 0.00000196. The molecule has 0 aliphatic carbocycles. The van der Waals surface area contributed by atoms with Gasteiger partial charge in [-0.05, 0) is 24.3 Å². The van der Waals surface area contributed by atoms with Crippen molar-refractivity contribution in [3.05, 3.63) is 16.3 Å².